The van der Waals surface area contributed by atoms with Gasteiger partial charge in [0.25, 0.3) is 0 Å². The highest BCUT2D eigenvalue weighted by Crippen LogP contribution is 2.30. The Bertz CT molecular complexity index is 1330. The molecular weight excluding hydrogens is 400 g/mol. The fourth-order valence-corrected chi connectivity index (χ4v) is 3.52. The van der Waals surface area contributed by atoms with E-state index in [-0.39, 0.29) is 0 Å². The molecule has 32 heavy (non-hydrogen) atoms. The second-order valence-electron chi connectivity index (χ2n) is 7.35. The van der Waals surface area contributed by atoms with Crippen LogP contribution in [0.1, 0.15) is 5.56 Å². The molecule has 0 atom stereocenters. The van der Waals surface area contributed by atoms with Crippen LogP contribution in [0, 0.1) is 0 Å². The second-order valence-corrected chi connectivity index (χ2v) is 7.35. The maximum Gasteiger partial charge on any atom is 0.181 e. The summed E-state index contributed by atoms with van der Waals surface area (Å²) in [5.74, 6) is 1.61. The van der Waals surface area contributed by atoms with Crippen molar-refractivity contribution < 1.29 is 9.47 Å². The quantitative estimate of drug-likeness (QED) is 0.339. The summed E-state index contributed by atoms with van der Waals surface area (Å²) in [5, 5.41) is 11.8. The molecule has 5 rings (SSSR count). The van der Waals surface area contributed by atoms with Crippen molar-refractivity contribution in [2.24, 2.45) is 0 Å². The number of rotatable bonds is 7. The van der Waals surface area contributed by atoms with E-state index in [9.17, 15) is 0 Å². The van der Waals surface area contributed by atoms with Crippen molar-refractivity contribution in [3.05, 3.63) is 96.7 Å². The summed E-state index contributed by atoms with van der Waals surface area (Å²) in [7, 11) is 1.66. The molecule has 0 radical (unpaired) electrons. The van der Waals surface area contributed by atoms with E-state index in [1.54, 1.807) is 13.3 Å². The fourth-order valence-electron chi connectivity index (χ4n) is 3.52. The Morgan fingerprint density at radius 1 is 0.844 bits per heavy atom. The zero-order valence-corrected chi connectivity index (χ0v) is 17.6. The minimum Gasteiger partial charge on any atom is -0.497 e. The number of ether oxygens (including phenoxy) is 2. The monoisotopic (exact) mass is 422 g/mol. The van der Waals surface area contributed by atoms with Crippen molar-refractivity contribution in [1.29, 1.82) is 0 Å². The Morgan fingerprint density at radius 3 is 2.50 bits per heavy atom. The van der Waals surface area contributed by atoms with Crippen molar-refractivity contribution in [1.82, 2.24) is 15.2 Å². The van der Waals surface area contributed by atoms with Gasteiger partial charge in [-0.1, -0.05) is 36.4 Å². The third kappa shape index (κ3) is 4.25. The van der Waals surface area contributed by atoms with Crippen LogP contribution in [0.4, 0.5) is 11.4 Å². The molecule has 0 aliphatic carbocycles. The molecule has 0 fully saturated rings. The molecule has 0 aliphatic heterocycles. The summed E-state index contributed by atoms with van der Waals surface area (Å²) in [4.78, 5) is 4.49. The summed E-state index contributed by atoms with van der Waals surface area (Å²) in [6.07, 6.45) is 1.78. The van der Waals surface area contributed by atoms with E-state index in [1.165, 1.54) is 0 Å². The summed E-state index contributed by atoms with van der Waals surface area (Å²) < 4.78 is 11.2. The van der Waals surface area contributed by atoms with Gasteiger partial charge in [-0.3, -0.25) is 5.10 Å². The maximum atomic E-state index is 5.94. The van der Waals surface area contributed by atoms with Crippen LogP contribution >= 0.6 is 0 Å². The number of anilines is 2. The Morgan fingerprint density at radius 2 is 1.69 bits per heavy atom. The Hall–Kier alpha value is -4.32. The molecule has 0 spiro atoms. The summed E-state index contributed by atoms with van der Waals surface area (Å²) in [6, 6.07) is 27.9. The van der Waals surface area contributed by atoms with Crippen LogP contribution in [0.25, 0.3) is 22.3 Å². The highest BCUT2D eigenvalue weighted by molar-refractivity contribution is 5.93. The number of methoxy groups -OCH3 is 1. The SMILES string of the molecule is COc1ccc(-c2[nH]nc3ncc(Nc4cccc(OCc5ccccc5)c4)cc23)cc1. The first kappa shape index (κ1) is 19.6. The third-order valence-electron chi connectivity index (χ3n) is 5.16. The fraction of sp³-hybridized carbons (Fsp3) is 0.0769. The van der Waals surface area contributed by atoms with Gasteiger partial charge in [-0.05, 0) is 48.0 Å². The van der Waals surface area contributed by atoms with Crippen LogP contribution < -0.4 is 14.8 Å². The number of benzene rings is 3. The largest absolute Gasteiger partial charge is 0.497 e. The number of hydrogen-bond donors (Lipinski definition) is 2. The lowest BCUT2D eigenvalue weighted by atomic mass is 10.1. The molecule has 2 heterocycles. The van der Waals surface area contributed by atoms with Gasteiger partial charge < -0.3 is 14.8 Å². The summed E-state index contributed by atoms with van der Waals surface area (Å²) in [6.45, 7) is 0.526. The highest BCUT2D eigenvalue weighted by atomic mass is 16.5. The van der Waals surface area contributed by atoms with Gasteiger partial charge in [-0.25, -0.2) is 4.98 Å². The van der Waals surface area contributed by atoms with Crippen LogP contribution in [0.2, 0.25) is 0 Å². The van der Waals surface area contributed by atoms with E-state index >= 15 is 0 Å². The number of nitrogens with zero attached hydrogens (tertiary/aromatic N) is 2. The van der Waals surface area contributed by atoms with E-state index in [1.807, 2.05) is 84.9 Å². The smallest absolute Gasteiger partial charge is 0.181 e. The molecule has 2 aromatic heterocycles. The van der Waals surface area contributed by atoms with Crippen LogP contribution in [0.15, 0.2) is 91.1 Å². The van der Waals surface area contributed by atoms with Gasteiger partial charge in [0.2, 0.25) is 0 Å². The molecule has 158 valence electrons. The molecule has 0 unspecified atom stereocenters. The lowest BCUT2D eigenvalue weighted by molar-refractivity contribution is 0.306. The van der Waals surface area contributed by atoms with Gasteiger partial charge in [0.05, 0.1) is 24.7 Å². The number of H-pyrrole nitrogens is 1. The number of hydrogen-bond acceptors (Lipinski definition) is 5. The standard InChI is InChI=1S/C26H22N4O2/c1-31-22-12-10-19(11-13-22)25-24-15-21(16-27-26(24)30-29-25)28-20-8-5-9-23(14-20)32-17-18-6-3-2-4-7-18/h2-16,28H,17H2,1H3,(H,27,29,30). The third-order valence-corrected chi connectivity index (χ3v) is 5.16. The number of nitrogens with one attached hydrogen (secondary N) is 2. The summed E-state index contributed by atoms with van der Waals surface area (Å²) in [5.41, 5.74) is 5.52. The molecule has 2 N–H and O–H groups in total. The molecule has 6 nitrogen and oxygen atoms in total. The molecule has 3 aromatic carbocycles. The molecule has 0 saturated carbocycles. The predicted molar refractivity (Wildman–Crippen MR) is 126 cm³/mol. The number of aromatic nitrogens is 3. The molecule has 0 amide bonds. The van der Waals surface area contributed by atoms with E-state index < -0.39 is 0 Å². The predicted octanol–water partition coefficient (Wildman–Crippen LogP) is 5.96. The van der Waals surface area contributed by atoms with Crippen LogP contribution in [0.3, 0.4) is 0 Å². The van der Waals surface area contributed by atoms with E-state index in [4.69, 9.17) is 9.47 Å². The zero-order chi connectivity index (χ0) is 21.8. The normalized spacial score (nSPS) is 10.8. The van der Waals surface area contributed by atoms with Crippen molar-refractivity contribution in [2.75, 3.05) is 12.4 Å². The molecule has 6 heteroatoms. The van der Waals surface area contributed by atoms with Crippen LogP contribution in [0.5, 0.6) is 11.5 Å². The first-order valence-corrected chi connectivity index (χ1v) is 10.3. The van der Waals surface area contributed by atoms with Crippen molar-refractivity contribution >= 4 is 22.4 Å². The number of pyridine rings is 1. The Labute approximate surface area is 185 Å². The van der Waals surface area contributed by atoms with Crippen LogP contribution in [-0.2, 0) is 6.61 Å². The number of aromatic amines is 1. The zero-order valence-electron chi connectivity index (χ0n) is 17.6. The van der Waals surface area contributed by atoms with Gasteiger partial charge in [0.15, 0.2) is 5.65 Å². The molecule has 0 bridgehead atoms. The average Bonchev–Trinajstić information content (AvgIpc) is 3.27. The van der Waals surface area contributed by atoms with Gasteiger partial charge in [-0.2, -0.15) is 5.10 Å². The topological polar surface area (TPSA) is 72.1 Å². The van der Waals surface area contributed by atoms with E-state index in [0.717, 1.165) is 45.1 Å². The molecular formula is C26H22N4O2. The number of fused-ring (bicyclic) bond motifs is 1. The van der Waals surface area contributed by atoms with E-state index in [2.05, 4.69) is 20.5 Å². The van der Waals surface area contributed by atoms with Gasteiger partial charge in [0.1, 0.15) is 18.1 Å². The minimum atomic E-state index is 0.526. The van der Waals surface area contributed by atoms with Gasteiger partial charge >= 0.3 is 0 Å². The van der Waals surface area contributed by atoms with Crippen molar-refractivity contribution in [2.45, 2.75) is 6.61 Å². The summed E-state index contributed by atoms with van der Waals surface area (Å²) >= 11 is 0. The Kier molecular flexibility index (Phi) is 5.41. The first-order valence-electron chi connectivity index (χ1n) is 10.3. The van der Waals surface area contributed by atoms with Crippen LogP contribution in [-0.4, -0.2) is 22.3 Å². The first-order chi connectivity index (χ1) is 15.8. The molecule has 0 saturated heterocycles. The van der Waals surface area contributed by atoms with Crippen molar-refractivity contribution in [3.8, 4) is 22.8 Å². The second kappa shape index (κ2) is 8.81. The Balaban J connectivity index is 1.36. The van der Waals surface area contributed by atoms with Crippen molar-refractivity contribution in [3.63, 3.8) is 0 Å². The average molecular weight is 422 g/mol. The van der Waals surface area contributed by atoms with E-state index in [0.29, 0.717) is 12.3 Å². The molecule has 5 aromatic rings. The van der Waals surface area contributed by atoms with Gasteiger partial charge in [0, 0.05) is 22.7 Å². The van der Waals surface area contributed by atoms with Gasteiger partial charge in [-0.15, -0.1) is 0 Å². The maximum absolute atomic E-state index is 5.94. The lowest BCUT2D eigenvalue weighted by Crippen LogP contribution is -1.96. The molecule has 0 aliphatic rings. The minimum absolute atomic E-state index is 0.526. The lowest BCUT2D eigenvalue weighted by Gasteiger charge is -2.10. The highest BCUT2D eigenvalue weighted by Gasteiger charge is 2.10.